The zero-order chi connectivity index (χ0) is 18.9. The first-order valence-corrected chi connectivity index (χ1v) is 9.14. The lowest BCUT2D eigenvalue weighted by molar-refractivity contribution is 0.355. The van der Waals surface area contributed by atoms with E-state index in [-0.39, 0.29) is 5.41 Å². The van der Waals surface area contributed by atoms with Crippen molar-refractivity contribution in [1.29, 1.82) is 5.26 Å². The lowest BCUT2D eigenvalue weighted by Crippen LogP contribution is -2.20. The highest BCUT2D eigenvalue weighted by Gasteiger charge is 2.32. The lowest BCUT2D eigenvalue weighted by atomic mass is 9.77. The van der Waals surface area contributed by atoms with Gasteiger partial charge in [-0.2, -0.15) is 5.26 Å². The highest BCUT2D eigenvalue weighted by Crippen LogP contribution is 2.46. The molecule has 1 aliphatic rings. The van der Waals surface area contributed by atoms with Crippen LogP contribution in [0.3, 0.4) is 0 Å². The largest absolute Gasteiger partial charge is 0.493 e. The number of ether oxygens (including phenoxy) is 2. The summed E-state index contributed by atoms with van der Waals surface area (Å²) in [7, 11) is 3.25. The van der Waals surface area contributed by atoms with Gasteiger partial charge in [0.2, 0.25) is 0 Å². The van der Waals surface area contributed by atoms with Crippen molar-refractivity contribution in [3.8, 4) is 17.6 Å². The summed E-state index contributed by atoms with van der Waals surface area (Å²) in [6.07, 6.45) is 7.13. The van der Waals surface area contributed by atoms with Crippen LogP contribution in [0.25, 0.3) is 12.2 Å². The van der Waals surface area contributed by atoms with Gasteiger partial charge in [0.15, 0.2) is 11.5 Å². The number of hydrogen-bond acceptors (Lipinski definition) is 5. The fraction of sp³-hybridized carbons (Fsp3) is 0.286. The third-order valence-corrected chi connectivity index (χ3v) is 5.97. The second-order valence-corrected chi connectivity index (χ2v) is 7.98. The summed E-state index contributed by atoms with van der Waals surface area (Å²) < 4.78 is 10.6. The Morgan fingerprint density at radius 3 is 2.58 bits per heavy atom. The van der Waals surface area contributed by atoms with E-state index in [0.29, 0.717) is 22.1 Å². The highest BCUT2D eigenvalue weighted by molar-refractivity contribution is 7.16. The number of methoxy groups -OCH3 is 2. The number of nitrogens with zero attached hydrogens (tertiary/aromatic N) is 1. The number of hydrogen-bond donors (Lipinski definition) is 1. The minimum absolute atomic E-state index is 0.0464. The van der Waals surface area contributed by atoms with Gasteiger partial charge in [-0.3, -0.25) is 0 Å². The van der Waals surface area contributed by atoms with Crippen molar-refractivity contribution in [1.82, 2.24) is 0 Å². The molecule has 26 heavy (non-hydrogen) atoms. The first-order valence-electron chi connectivity index (χ1n) is 8.33. The Bertz CT molecular complexity index is 946. The van der Waals surface area contributed by atoms with Gasteiger partial charge in [0.05, 0.1) is 19.8 Å². The van der Waals surface area contributed by atoms with Gasteiger partial charge in [-0.15, -0.1) is 11.3 Å². The number of benzene rings is 1. The van der Waals surface area contributed by atoms with Gasteiger partial charge in [0, 0.05) is 15.9 Å². The highest BCUT2D eigenvalue weighted by atomic mass is 32.1. The third-order valence-electron chi connectivity index (χ3n) is 4.57. The molecule has 0 bridgehead atoms. The average Bonchev–Trinajstić information content (AvgIpc) is 2.95. The fourth-order valence-electron chi connectivity index (χ4n) is 3.31. The Labute approximate surface area is 158 Å². The Kier molecular flexibility index (Phi) is 4.80. The van der Waals surface area contributed by atoms with E-state index in [1.54, 1.807) is 14.2 Å². The summed E-state index contributed by atoms with van der Waals surface area (Å²) in [5.41, 5.74) is 9.76. The van der Waals surface area contributed by atoms with Crippen molar-refractivity contribution in [3.63, 3.8) is 0 Å². The molecule has 0 spiro atoms. The molecule has 4 nitrogen and oxygen atoms in total. The molecule has 3 rings (SSSR count). The van der Waals surface area contributed by atoms with Crippen molar-refractivity contribution in [3.05, 3.63) is 51.4 Å². The van der Waals surface area contributed by atoms with Gasteiger partial charge in [-0.25, -0.2) is 0 Å². The van der Waals surface area contributed by atoms with Crippen molar-refractivity contribution in [2.45, 2.75) is 25.7 Å². The zero-order valence-corrected chi connectivity index (χ0v) is 16.2. The summed E-state index contributed by atoms with van der Waals surface area (Å²) in [4.78, 5) is 1.19. The maximum absolute atomic E-state index is 9.44. The van der Waals surface area contributed by atoms with Crippen LogP contribution in [0.2, 0.25) is 0 Å². The number of nitriles is 1. The maximum atomic E-state index is 9.44. The molecule has 1 aromatic carbocycles. The molecule has 2 aromatic rings. The molecule has 0 fully saturated rings. The van der Waals surface area contributed by atoms with Crippen molar-refractivity contribution < 1.29 is 9.47 Å². The smallest absolute Gasteiger partial charge is 0.161 e. The third kappa shape index (κ3) is 3.21. The summed E-state index contributed by atoms with van der Waals surface area (Å²) in [6.45, 7) is 4.39. The van der Waals surface area contributed by atoms with Crippen LogP contribution < -0.4 is 15.2 Å². The fourth-order valence-corrected chi connectivity index (χ4v) is 4.41. The number of fused-ring (bicyclic) bond motifs is 1. The van der Waals surface area contributed by atoms with Crippen molar-refractivity contribution in [2.24, 2.45) is 0 Å². The molecule has 1 aliphatic carbocycles. The van der Waals surface area contributed by atoms with Crippen LogP contribution in [-0.2, 0) is 5.41 Å². The lowest BCUT2D eigenvalue weighted by Gasteiger charge is -2.29. The van der Waals surface area contributed by atoms with E-state index in [9.17, 15) is 5.26 Å². The van der Waals surface area contributed by atoms with Crippen LogP contribution in [0.1, 0.15) is 41.8 Å². The molecule has 1 heterocycles. The molecule has 1 aromatic heterocycles. The molecule has 0 atom stereocenters. The van der Waals surface area contributed by atoms with E-state index >= 15 is 0 Å². The number of nitrogens with two attached hydrogens (primary N) is 1. The molecule has 2 N–H and O–H groups in total. The Morgan fingerprint density at radius 1 is 1.19 bits per heavy atom. The van der Waals surface area contributed by atoms with E-state index in [0.717, 1.165) is 17.5 Å². The molecule has 0 unspecified atom stereocenters. The minimum Gasteiger partial charge on any atom is -0.493 e. The van der Waals surface area contributed by atoms with Gasteiger partial charge in [0.1, 0.15) is 11.1 Å². The average molecular weight is 366 g/mol. The molecule has 134 valence electrons. The molecule has 0 saturated heterocycles. The topological polar surface area (TPSA) is 68.3 Å². The van der Waals surface area contributed by atoms with Crippen LogP contribution in [0.5, 0.6) is 11.5 Å². The number of anilines is 1. The molecule has 0 amide bonds. The summed E-state index contributed by atoms with van der Waals surface area (Å²) >= 11 is 1.53. The molecule has 0 aliphatic heterocycles. The second kappa shape index (κ2) is 6.89. The van der Waals surface area contributed by atoms with Gasteiger partial charge in [-0.1, -0.05) is 32.1 Å². The number of rotatable bonds is 4. The van der Waals surface area contributed by atoms with Crippen LogP contribution >= 0.6 is 11.3 Å². The van der Waals surface area contributed by atoms with E-state index in [4.69, 9.17) is 15.2 Å². The van der Waals surface area contributed by atoms with Crippen LogP contribution in [0.15, 0.2) is 29.8 Å². The van der Waals surface area contributed by atoms with Crippen LogP contribution in [0, 0.1) is 11.3 Å². The maximum Gasteiger partial charge on any atom is 0.161 e. The minimum atomic E-state index is -0.0464. The first-order chi connectivity index (χ1) is 12.4. The van der Waals surface area contributed by atoms with E-state index in [1.165, 1.54) is 21.8 Å². The molecule has 0 radical (unpaired) electrons. The Morgan fingerprint density at radius 2 is 1.92 bits per heavy atom. The number of allylic oxidation sites excluding steroid dienone is 2. The van der Waals surface area contributed by atoms with Gasteiger partial charge in [0.25, 0.3) is 0 Å². The van der Waals surface area contributed by atoms with Gasteiger partial charge >= 0.3 is 0 Å². The van der Waals surface area contributed by atoms with Crippen LogP contribution in [0.4, 0.5) is 5.00 Å². The van der Waals surface area contributed by atoms with E-state index < -0.39 is 0 Å². The van der Waals surface area contributed by atoms with Crippen LogP contribution in [-0.4, -0.2) is 14.2 Å². The Hall–Kier alpha value is -2.71. The standard InChI is InChI=1S/C21H22N2O2S/c1-21(2)11-14(9-15-16(12-22)20(23)26-19(15)21)6-5-13-7-8-17(24-3)18(10-13)25-4/h5-10H,11,23H2,1-4H3/b6-5+. The van der Waals surface area contributed by atoms with E-state index in [2.05, 4.69) is 38.1 Å². The Balaban J connectivity index is 1.97. The molecular formula is C21H22N2O2S. The first kappa shape index (κ1) is 18.1. The summed E-state index contributed by atoms with van der Waals surface area (Å²) in [6, 6.07) is 8.07. The normalized spacial score (nSPS) is 15.3. The predicted molar refractivity (Wildman–Crippen MR) is 108 cm³/mol. The molecule has 0 saturated carbocycles. The molecular weight excluding hydrogens is 344 g/mol. The second-order valence-electron chi connectivity index (χ2n) is 6.92. The molecule has 5 heteroatoms. The summed E-state index contributed by atoms with van der Waals surface area (Å²) in [5.74, 6) is 1.41. The van der Waals surface area contributed by atoms with Crippen molar-refractivity contribution in [2.75, 3.05) is 20.0 Å². The number of nitrogen functional groups attached to an aromatic ring is 1. The predicted octanol–water partition coefficient (Wildman–Crippen LogP) is 5.00. The van der Waals surface area contributed by atoms with Gasteiger partial charge < -0.3 is 15.2 Å². The quantitative estimate of drug-likeness (QED) is 0.827. The SMILES string of the molecule is COc1ccc(/C=C/C2=Cc3c(sc(N)c3C#N)C(C)(C)C2)cc1OC. The van der Waals surface area contributed by atoms with E-state index in [1.807, 2.05) is 18.2 Å². The monoisotopic (exact) mass is 366 g/mol. The zero-order valence-electron chi connectivity index (χ0n) is 15.4. The summed E-state index contributed by atoms with van der Waals surface area (Å²) in [5, 5.41) is 10.0. The van der Waals surface area contributed by atoms with Gasteiger partial charge in [-0.05, 0) is 35.8 Å². The number of thiophene rings is 1. The van der Waals surface area contributed by atoms with Crippen molar-refractivity contribution >= 4 is 28.5 Å².